The number of nitrogen functional groups attached to an aromatic ring is 1. The van der Waals surface area contributed by atoms with Crippen molar-refractivity contribution < 1.29 is 4.92 Å². The number of rotatable bonds is 6. The number of aromatic nitrogens is 4. The van der Waals surface area contributed by atoms with Gasteiger partial charge in [-0.2, -0.15) is 0 Å². The predicted octanol–water partition coefficient (Wildman–Crippen LogP) is 1.17. The van der Waals surface area contributed by atoms with Gasteiger partial charge in [0.15, 0.2) is 0 Å². The summed E-state index contributed by atoms with van der Waals surface area (Å²) in [6.45, 7) is 3.48. The van der Waals surface area contributed by atoms with Gasteiger partial charge in [0.25, 0.3) is 5.69 Å². The molecule has 2 aromatic heterocycles. The van der Waals surface area contributed by atoms with Gasteiger partial charge >= 0.3 is 0 Å². The number of fused-ring (bicyclic) bond motifs is 2. The maximum absolute atomic E-state index is 10.8. The number of nitro benzene ring substituents is 1. The minimum absolute atomic E-state index is 0.145. The minimum Gasteiger partial charge on any atom is -0.399 e. The first kappa shape index (κ1) is 31.0. The zero-order valence-electron chi connectivity index (χ0n) is 24.0. The molecule has 0 aliphatic carbocycles. The van der Waals surface area contributed by atoms with E-state index in [-0.39, 0.29) is 10.6 Å². The zero-order valence-corrected chi connectivity index (χ0v) is 24.0. The van der Waals surface area contributed by atoms with Crippen LogP contribution < -0.4 is 15.5 Å². The second-order valence-corrected chi connectivity index (χ2v) is 10.5. The third-order valence-electron chi connectivity index (χ3n) is 7.04. The highest BCUT2D eigenvalue weighted by molar-refractivity contribution is 7.76. The fraction of sp³-hybridized carbons (Fsp3) is 0.308. The van der Waals surface area contributed by atoms with Crippen molar-refractivity contribution in [2.24, 2.45) is 14.1 Å². The van der Waals surface area contributed by atoms with E-state index >= 15 is 0 Å². The summed E-state index contributed by atoms with van der Waals surface area (Å²) in [4.78, 5) is 23.6. The Morgan fingerprint density at radius 2 is 1.31 bits per heavy atom. The predicted molar refractivity (Wildman–Crippen MR) is 174 cm³/mol. The molecular formula is C26H30B6N8O2. The third kappa shape index (κ3) is 8.08. The molecule has 4 heterocycles. The van der Waals surface area contributed by atoms with Crippen molar-refractivity contribution in [1.82, 2.24) is 19.1 Å². The molecule has 16 heteroatoms. The number of nitrogens with zero attached hydrogens (tertiary/aromatic N) is 7. The summed E-state index contributed by atoms with van der Waals surface area (Å²) in [5.41, 5.74) is 13.7. The van der Waals surface area contributed by atoms with Gasteiger partial charge in [-0.15, -0.1) is 0 Å². The van der Waals surface area contributed by atoms with E-state index in [9.17, 15) is 10.1 Å². The monoisotopic (exact) mass is 552 g/mol. The van der Waals surface area contributed by atoms with E-state index in [0.29, 0.717) is 6.54 Å². The molecule has 10 nitrogen and oxygen atoms in total. The standard InChI is InChI=1S/C13H14N4O2.C13H16N4.B6/c1-15-7-11(14-9-15)8-16-5-4-10-2-3-12(17(18)19)6-13(10)16;1-16-7-12(15-9-16)8-17-5-4-10-2-3-11(14)6-13(10)17;1-5(2)6(3)4/h2-3,6-7,9H,4-5,8H2,1H3;2-3,6-7,9H,4-5,8,14H2,1H3;. The van der Waals surface area contributed by atoms with E-state index in [4.69, 9.17) is 36.7 Å². The number of nitro groups is 1. The SMILES string of the molecule is Cn1cnc(CN2CCc3ccc(N)cc32)c1.Cn1cnc(CN2CCc3ccc([N+](=O)[O-])cc32)c1.[B]B([B])B([B])[B]. The summed E-state index contributed by atoms with van der Waals surface area (Å²) in [5.74, 6) is 0. The first-order chi connectivity index (χ1) is 20.0. The Kier molecular flexibility index (Phi) is 10.2. The molecule has 42 heavy (non-hydrogen) atoms. The Balaban J connectivity index is 0.000000163. The largest absolute Gasteiger partial charge is 0.399 e. The Morgan fingerprint density at radius 1 is 0.833 bits per heavy atom. The number of imidazole rings is 2. The van der Waals surface area contributed by atoms with E-state index in [2.05, 4.69) is 38.1 Å². The Labute approximate surface area is 252 Å². The van der Waals surface area contributed by atoms with Crippen LogP contribution in [0.4, 0.5) is 22.7 Å². The van der Waals surface area contributed by atoms with Gasteiger partial charge in [-0.1, -0.05) is 12.1 Å². The lowest BCUT2D eigenvalue weighted by molar-refractivity contribution is -0.384. The number of hydrogen-bond acceptors (Lipinski definition) is 7. The molecule has 0 unspecified atom stereocenters. The molecule has 4 aromatic rings. The summed E-state index contributed by atoms with van der Waals surface area (Å²) >= 11 is 0. The van der Waals surface area contributed by atoms with Gasteiger partial charge in [0, 0.05) is 112 Å². The molecule has 0 saturated heterocycles. The second kappa shape index (κ2) is 13.8. The van der Waals surface area contributed by atoms with Crippen LogP contribution in [0.25, 0.3) is 0 Å². The fourth-order valence-corrected chi connectivity index (χ4v) is 4.83. The minimum atomic E-state index is -0.593. The van der Waals surface area contributed by atoms with Gasteiger partial charge < -0.3 is 24.7 Å². The van der Waals surface area contributed by atoms with Crippen LogP contribution in [0.2, 0.25) is 0 Å². The highest BCUT2D eigenvalue weighted by atomic mass is 16.6. The maximum atomic E-state index is 10.8. The van der Waals surface area contributed by atoms with E-state index in [1.165, 1.54) is 16.8 Å². The lowest BCUT2D eigenvalue weighted by atomic mass is 8.81. The molecule has 0 amide bonds. The summed E-state index contributed by atoms with van der Waals surface area (Å²) < 4.78 is 3.88. The molecule has 0 fully saturated rings. The van der Waals surface area contributed by atoms with Crippen molar-refractivity contribution in [2.75, 3.05) is 28.6 Å². The second-order valence-electron chi connectivity index (χ2n) is 10.5. The third-order valence-corrected chi connectivity index (χ3v) is 7.04. The Bertz CT molecular complexity index is 1510. The van der Waals surface area contributed by atoms with Gasteiger partial charge in [-0.05, 0) is 36.1 Å². The van der Waals surface area contributed by atoms with Crippen molar-refractivity contribution in [3.05, 3.63) is 94.1 Å². The van der Waals surface area contributed by atoms with Gasteiger partial charge in [0.1, 0.15) is 0 Å². The zero-order chi connectivity index (χ0) is 30.4. The Hall–Kier alpha value is -3.95. The summed E-state index contributed by atoms with van der Waals surface area (Å²) in [7, 11) is 23.8. The molecule has 0 atom stereocenters. The number of benzene rings is 2. The van der Waals surface area contributed by atoms with E-state index in [1.807, 2.05) is 47.9 Å². The van der Waals surface area contributed by atoms with E-state index in [0.717, 1.165) is 55.2 Å². The van der Waals surface area contributed by atoms with Gasteiger partial charge in [0.05, 0.1) is 42.1 Å². The van der Waals surface area contributed by atoms with Crippen molar-refractivity contribution in [3.63, 3.8) is 0 Å². The van der Waals surface area contributed by atoms with Crippen LogP contribution in [0.1, 0.15) is 22.5 Å². The molecule has 2 aliphatic heterocycles. The summed E-state index contributed by atoms with van der Waals surface area (Å²) in [5, 5.41) is 10.8. The molecule has 2 N–H and O–H groups in total. The maximum Gasteiger partial charge on any atom is 0.271 e. The van der Waals surface area contributed by atoms with Crippen LogP contribution in [0.3, 0.4) is 0 Å². The first-order valence-corrected chi connectivity index (χ1v) is 13.6. The normalized spacial score (nSPS) is 12.9. The summed E-state index contributed by atoms with van der Waals surface area (Å²) in [6, 6.07) is 11.2. The number of hydrogen-bond donors (Lipinski definition) is 1. The smallest absolute Gasteiger partial charge is 0.271 e. The number of non-ortho nitro benzene ring substituents is 1. The fourth-order valence-electron chi connectivity index (χ4n) is 4.83. The van der Waals surface area contributed by atoms with Crippen LogP contribution >= 0.6 is 0 Å². The molecule has 2 aliphatic rings. The number of aryl methyl sites for hydroxylation is 2. The molecular weight excluding hydrogens is 521 g/mol. The van der Waals surface area contributed by atoms with Gasteiger partial charge in [0.2, 0.25) is 0 Å². The molecule has 8 radical (unpaired) electrons. The van der Waals surface area contributed by atoms with Crippen LogP contribution in [0, 0.1) is 10.1 Å². The Morgan fingerprint density at radius 3 is 1.74 bits per heavy atom. The van der Waals surface area contributed by atoms with Gasteiger partial charge in [-0.3, -0.25) is 10.1 Å². The molecule has 0 bridgehead atoms. The molecule has 204 valence electrons. The quantitative estimate of drug-likeness (QED) is 0.166. The van der Waals surface area contributed by atoms with Crippen molar-refractivity contribution >= 4 is 66.5 Å². The van der Waals surface area contributed by atoms with Crippen LogP contribution in [-0.4, -0.2) is 80.8 Å². The van der Waals surface area contributed by atoms with Crippen LogP contribution in [0.15, 0.2) is 61.4 Å². The van der Waals surface area contributed by atoms with Crippen molar-refractivity contribution in [2.45, 2.75) is 25.9 Å². The summed E-state index contributed by atoms with van der Waals surface area (Å²) in [6.07, 6.45) is 8.48. The highest BCUT2D eigenvalue weighted by Crippen LogP contribution is 2.33. The van der Waals surface area contributed by atoms with Gasteiger partial charge in [-0.25, -0.2) is 9.97 Å². The van der Waals surface area contributed by atoms with Crippen molar-refractivity contribution in [1.29, 1.82) is 0 Å². The number of anilines is 3. The molecule has 6 rings (SSSR count). The van der Waals surface area contributed by atoms with Crippen LogP contribution in [-0.2, 0) is 40.0 Å². The first-order valence-electron chi connectivity index (χ1n) is 13.6. The highest BCUT2D eigenvalue weighted by Gasteiger charge is 2.23. The topological polar surface area (TPSA) is 111 Å². The average Bonchev–Trinajstić information content (AvgIpc) is 3.74. The lowest BCUT2D eigenvalue weighted by Gasteiger charge is -2.18. The van der Waals surface area contributed by atoms with Crippen molar-refractivity contribution in [3.8, 4) is 0 Å². The number of nitrogens with two attached hydrogens (primary N) is 1. The molecule has 0 saturated carbocycles. The van der Waals surface area contributed by atoms with Crippen LogP contribution in [0.5, 0.6) is 0 Å². The van der Waals surface area contributed by atoms with E-state index in [1.54, 1.807) is 18.5 Å². The molecule has 2 aromatic carbocycles. The van der Waals surface area contributed by atoms with E-state index < -0.39 is 12.8 Å². The molecule has 0 spiro atoms. The average molecular weight is 551 g/mol. The lowest BCUT2D eigenvalue weighted by Crippen LogP contribution is -2.38.